The summed E-state index contributed by atoms with van der Waals surface area (Å²) in [5.74, 6) is 0.655. The molecule has 2 rings (SSSR count). The standard InChI is InChI=1S/C15H16N2O3S/c1-2-20-15-11-7-6-8-13(15)12-16-17-21(18,19)14-9-4-3-5-10-14/h3-12,17H,2H2,1H3/b16-12-. The predicted octanol–water partition coefficient (Wildman–Crippen LogP) is 2.40. The van der Waals surface area contributed by atoms with Crippen molar-refractivity contribution in [3.05, 3.63) is 60.2 Å². The molecule has 0 saturated heterocycles. The van der Waals surface area contributed by atoms with Crippen molar-refractivity contribution in [2.24, 2.45) is 5.10 Å². The molecule has 5 nitrogen and oxygen atoms in total. The molecule has 0 aliphatic carbocycles. The smallest absolute Gasteiger partial charge is 0.276 e. The van der Waals surface area contributed by atoms with Crippen LogP contribution in [0.1, 0.15) is 12.5 Å². The summed E-state index contributed by atoms with van der Waals surface area (Å²) < 4.78 is 29.4. The molecule has 0 saturated carbocycles. The highest BCUT2D eigenvalue weighted by Crippen LogP contribution is 2.15. The Hall–Kier alpha value is -2.34. The first-order valence-corrected chi connectivity index (χ1v) is 7.93. The number of nitrogens with one attached hydrogen (secondary N) is 1. The van der Waals surface area contributed by atoms with Gasteiger partial charge in [0.05, 0.1) is 17.7 Å². The van der Waals surface area contributed by atoms with Crippen molar-refractivity contribution in [2.45, 2.75) is 11.8 Å². The van der Waals surface area contributed by atoms with E-state index in [2.05, 4.69) is 9.93 Å². The van der Waals surface area contributed by atoms with E-state index in [0.29, 0.717) is 17.9 Å². The first-order chi connectivity index (χ1) is 10.1. The zero-order chi connectivity index (χ0) is 15.1. The number of para-hydroxylation sites is 1. The number of hydrazone groups is 1. The number of sulfonamides is 1. The number of hydrogen-bond acceptors (Lipinski definition) is 4. The molecule has 6 heteroatoms. The molecule has 0 unspecified atom stereocenters. The third-order valence-corrected chi connectivity index (χ3v) is 3.89. The van der Waals surface area contributed by atoms with E-state index < -0.39 is 10.0 Å². The molecule has 0 heterocycles. The molecule has 1 N–H and O–H groups in total. The summed E-state index contributed by atoms with van der Waals surface area (Å²) in [4.78, 5) is 2.35. The molecule has 0 amide bonds. The molecule has 0 fully saturated rings. The van der Waals surface area contributed by atoms with Crippen molar-refractivity contribution in [1.29, 1.82) is 0 Å². The van der Waals surface area contributed by atoms with Gasteiger partial charge < -0.3 is 4.74 Å². The number of benzene rings is 2. The molecule has 2 aromatic rings. The van der Waals surface area contributed by atoms with E-state index in [-0.39, 0.29) is 4.90 Å². The Morgan fingerprint density at radius 1 is 1.10 bits per heavy atom. The van der Waals surface area contributed by atoms with Crippen LogP contribution in [0.5, 0.6) is 5.75 Å². The van der Waals surface area contributed by atoms with Crippen LogP contribution in [0.15, 0.2) is 64.6 Å². The van der Waals surface area contributed by atoms with Gasteiger partial charge in [0.25, 0.3) is 10.0 Å². The van der Waals surface area contributed by atoms with Gasteiger partial charge in [-0.2, -0.15) is 13.5 Å². The van der Waals surface area contributed by atoms with Gasteiger partial charge in [0.15, 0.2) is 0 Å². The minimum atomic E-state index is -3.64. The van der Waals surface area contributed by atoms with Gasteiger partial charge in [-0.15, -0.1) is 0 Å². The molecular formula is C15H16N2O3S. The summed E-state index contributed by atoms with van der Waals surface area (Å²) in [5.41, 5.74) is 0.704. The van der Waals surface area contributed by atoms with Crippen LogP contribution in [0.4, 0.5) is 0 Å². The van der Waals surface area contributed by atoms with Gasteiger partial charge in [-0.3, -0.25) is 0 Å². The summed E-state index contributed by atoms with van der Waals surface area (Å²) in [5, 5.41) is 3.79. The van der Waals surface area contributed by atoms with Crippen LogP contribution < -0.4 is 9.57 Å². The summed E-state index contributed by atoms with van der Waals surface area (Å²) in [6, 6.07) is 15.3. The molecule has 0 aliphatic rings. The molecule has 110 valence electrons. The molecule has 21 heavy (non-hydrogen) atoms. The quantitative estimate of drug-likeness (QED) is 0.658. The van der Waals surface area contributed by atoms with Crippen LogP contribution >= 0.6 is 0 Å². The highest BCUT2D eigenvalue weighted by atomic mass is 32.2. The lowest BCUT2D eigenvalue weighted by atomic mass is 10.2. The summed E-state index contributed by atoms with van der Waals surface area (Å²) in [6.45, 7) is 2.41. The second-order valence-corrected chi connectivity index (χ2v) is 5.80. The van der Waals surface area contributed by atoms with Gasteiger partial charge >= 0.3 is 0 Å². The summed E-state index contributed by atoms with van der Waals surface area (Å²) >= 11 is 0. The maximum atomic E-state index is 12.0. The predicted molar refractivity (Wildman–Crippen MR) is 82.0 cm³/mol. The van der Waals surface area contributed by atoms with Gasteiger partial charge in [-0.1, -0.05) is 30.3 Å². The summed E-state index contributed by atoms with van der Waals surface area (Å²) in [6.07, 6.45) is 1.42. The van der Waals surface area contributed by atoms with Crippen LogP contribution in [0.3, 0.4) is 0 Å². The third-order valence-electron chi connectivity index (χ3n) is 2.65. The topological polar surface area (TPSA) is 67.8 Å². The molecule has 0 spiro atoms. The lowest BCUT2D eigenvalue weighted by Crippen LogP contribution is -2.18. The van der Waals surface area contributed by atoms with Gasteiger partial charge in [-0.05, 0) is 31.2 Å². The van der Waals surface area contributed by atoms with E-state index in [9.17, 15) is 8.42 Å². The van der Waals surface area contributed by atoms with Gasteiger partial charge in [0.1, 0.15) is 5.75 Å². The summed E-state index contributed by atoms with van der Waals surface area (Å²) in [7, 11) is -3.64. The van der Waals surface area contributed by atoms with E-state index in [0.717, 1.165) is 0 Å². The van der Waals surface area contributed by atoms with Crippen LogP contribution in [-0.4, -0.2) is 21.2 Å². The van der Waals surface area contributed by atoms with Crippen LogP contribution in [-0.2, 0) is 10.0 Å². The zero-order valence-corrected chi connectivity index (χ0v) is 12.4. The second-order valence-electron chi connectivity index (χ2n) is 4.14. The Kier molecular flexibility index (Phi) is 4.94. The molecule has 0 atom stereocenters. The normalized spacial score (nSPS) is 11.5. The molecule has 0 aliphatic heterocycles. The highest BCUT2D eigenvalue weighted by Gasteiger charge is 2.11. The second kappa shape index (κ2) is 6.90. The number of ether oxygens (including phenoxy) is 1. The van der Waals surface area contributed by atoms with Crippen molar-refractivity contribution in [1.82, 2.24) is 4.83 Å². The molecule has 0 aromatic heterocycles. The molecule has 2 aromatic carbocycles. The monoisotopic (exact) mass is 304 g/mol. The van der Waals surface area contributed by atoms with Crippen molar-refractivity contribution >= 4 is 16.2 Å². The van der Waals surface area contributed by atoms with E-state index in [1.165, 1.54) is 18.3 Å². The lowest BCUT2D eigenvalue weighted by Gasteiger charge is -2.06. The Labute approximate surface area is 124 Å². The Bertz CT molecular complexity index is 713. The maximum Gasteiger partial charge on any atom is 0.276 e. The minimum Gasteiger partial charge on any atom is -0.493 e. The first kappa shape index (κ1) is 15.1. The van der Waals surface area contributed by atoms with E-state index in [1.807, 2.05) is 19.1 Å². The average molecular weight is 304 g/mol. The third kappa shape index (κ3) is 4.06. The zero-order valence-electron chi connectivity index (χ0n) is 11.6. The van der Waals surface area contributed by atoms with Crippen LogP contribution in [0.25, 0.3) is 0 Å². The van der Waals surface area contributed by atoms with Crippen LogP contribution in [0, 0.1) is 0 Å². The Balaban J connectivity index is 2.13. The Morgan fingerprint density at radius 2 is 1.76 bits per heavy atom. The average Bonchev–Trinajstić information content (AvgIpc) is 2.50. The molecule has 0 bridgehead atoms. The van der Waals surface area contributed by atoms with Crippen molar-refractivity contribution in [3.8, 4) is 5.75 Å². The fraction of sp³-hybridized carbons (Fsp3) is 0.133. The fourth-order valence-electron chi connectivity index (χ4n) is 1.69. The van der Waals surface area contributed by atoms with Gasteiger partial charge in [-0.25, -0.2) is 4.83 Å². The number of nitrogens with zero attached hydrogens (tertiary/aromatic N) is 1. The SMILES string of the molecule is CCOc1ccccc1/C=N\NS(=O)(=O)c1ccccc1. The minimum absolute atomic E-state index is 0.167. The highest BCUT2D eigenvalue weighted by molar-refractivity contribution is 7.89. The Morgan fingerprint density at radius 3 is 2.48 bits per heavy atom. The molecular weight excluding hydrogens is 288 g/mol. The largest absolute Gasteiger partial charge is 0.493 e. The van der Waals surface area contributed by atoms with Crippen LogP contribution in [0.2, 0.25) is 0 Å². The van der Waals surface area contributed by atoms with Crippen molar-refractivity contribution in [2.75, 3.05) is 6.61 Å². The number of hydrogen-bond donors (Lipinski definition) is 1. The first-order valence-electron chi connectivity index (χ1n) is 6.45. The van der Waals surface area contributed by atoms with E-state index in [4.69, 9.17) is 4.74 Å². The van der Waals surface area contributed by atoms with E-state index >= 15 is 0 Å². The van der Waals surface area contributed by atoms with Crippen molar-refractivity contribution in [3.63, 3.8) is 0 Å². The fourth-order valence-corrected chi connectivity index (χ4v) is 2.50. The van der Waals surface area contributed by atoms with Crippen molar-refractivity contribution < 1.29 is 13.2 Å². The number of rotatable bonds is 6. The molecule has 0 radical (unpaired) electrons. The van der Waals surface area contributed by atoms with Gasteiger partial charge in [0.2, 0.25) is 0 Å². The maximum absolute atomic E-state index is 12.0. The lowest BCUT2D eigenvalue weighted by molar-refractivity contribution is 0.340. The van der Waals surface area contributed by atoms with E-state index in [1.54, 1.807) is 30.3 Å². The van der Waals surface area contributed by atoms with Gasteiger partial charge in [0, 0.05) is 5.56 Å².